The number of rotatable bonds is 5. The van der Waals surface area contributed by atoms with Gasteiger partial charge in [-0.05, 0) is 45.8 Å². The van der Waals surface area contributed by atoms with E-state index in [1.807, 2.05) is 11.4 Å². The summed E-state index contributed by atoms with van der Waals surface area (Å²) < 4.78 is 29.3. The smallest absolute Gasteiger partial charge is 0.282 e. The third-order valence-electron chi connectivity index (χ3n) is 3.56. The predicted molar refractivity (Wildman–Crippen MR) is 85.8 cm³/mol. The van der Waals surface area contributed by atoms with Gasteiger partial charge in [-0.1, -0.05) is 6.42 Å². The number of halogens is 1. The lowest BCUT2D eigenvalue weighted by molar-refractivity contribution is 0.240. The largest absolute Gasteiger partial charge is 0.329 e. The van der Waals surface area contributed by atoms with E-state index in [4.69, 9.17) is 5.73 Å². The van der Waals surface area contributed by atoms with E-state index in [1.165, 1.54) is 4.31 Å². The first kappa shape index (κ1) is 16.4. The summed E-state index contributed by atoms with van der Waals surface area (Å²) in [5, 5.41) is 1.97. The number of piperidine rings is 1. The zero-order valence-electron chi connectivity index (χ0n) is 11.5. The third-order valence-corrected chi connectivity index (χ3v) is 7.11. The number of nitrogens with two attached hydrogens (primary N) is 1. The molecule has 1 aromatic heterocycles. The third kappa shape index (κ3) is 3.61. The van der Waals surface area contributed by atoms with Gasteiger partial charge < -0.3 is 5.73 Å². The molecule has 8 heteroatoms. The van der Waals surface area contributed by atoms with Crippen molar-refractivity contribution in [1.82, 2.24) is 8.61 Å². The zero-order valence-corrected chi connectivity index (χ0v) is 14.7. The van der Waals surface area contributed by atoms with Gasteiger partial charge in [0.25, 0.3) is 10.2 Å². The van der Waals surface area contributed by atoms with Crippen LogP contribution in [0.3, 0.4) is 0 Å². The van der Waals surface area contributed by atoms with Gasteiger partial charge in [0.05, 0.1) is 3.79 Å². The molecule has 1 atom stereocenters. The van der Waals surface area contributed by atoms with E-state index in [2.05, 4.69) is 15.9 Å². The standard InChI is InChI=1S/C12H20BrN3O2S2/c1-15(8-10-6-12(13)19-9-10)20(17,18)16-5-3-2-4-11(16)7-14/h6,9,11H,2-5,7-8,14H2,1H3. The van der Waals surface area contributed by atoms with E-state index in [0.29, 0.717) is 19.6 Å². The molecule has 2 heterocycles. The van der Waals surface area contributed by atoms with E-state index < -0.39 is 10.2 Å². The van der Waals surface area contributed by atoms with Gasteiger partial charge in [-0.25, -0.2) is 0 Å². The van der Waals surface area contributed by atoms with Gasteiger partial charge in [-0.15, -0.1) is 11.3 Å². The minimum atomic E-state index is -3.44. The van der Waals surface area contributed by atoms with Crippen LogP contribution < -0.4 is 5.73 Å². The Kier molecular flexibility index (Phi) is 5.61. The second-order valence-corrected chi connectivity index (χ2v) is 9.30. The highest BCUT2D eigenvalue weighted by molar-refractivity contribution is 9.11. The number of thiophene rings is 1. The molecule has 20 heavy (non-hydrogen) atoms. The van der Waals surface area contributed by atoms with Gasteiger partial charge in [-0.3, -0.25) is 0 Å². The van der Waals surface area contributed by atoms with Crippen molar-refractivity contribution in [3.8, 4) is 0 Å². The molecule has 1 aliphatic heterocycles. The Hall–Kier alpha value is 0.01000. The summed E-state index contributed by atoms with van der Waals surface area (Å²) >= 11 is 4.95. The molecule has 0 saturated carbocycles. The lowest BCUT2D eigenvalue weighted by atomic mass is 10.1. The van der Waals surface area contributed by atoms with Crippen LogP contribution in [-0.2, 0) is 16.8 Å². The van der Waals surface area contributed by atoms with Gasteiger partial charge >= 0.3 is 0 Å². The molecule has 1 fully saturated rings. The van der Waals surface area contributed by atoms with Crippen LogP contribution in [0, 0.1) is 0 Å². The number of hydrogen-bond donors (Lipinski definition) is 1. The van der Waals surface area contributed by atoms with Crippen molar-refractivity contribution in [3.05, 3.63) is 20.8 Å². The Labute approximate surface area is 133 Å². The minimum Gasteiger partial charge on any atom is -0.329 e. The Morgan fingerprint density at radius 2 is 2.30 bits per heavy atom. The first-order valence-corrected chi connectivity index (χ1v) is 9.68. The molecule has 0 bridgehead atoms. The van der Waals surface area contributed by atoms with Crippen molar-refractivity contribution in [2.24, 2.45) is 5.73 Å². The summed E-state index contributed by atoms with van der Waals surface area (Å²) in [6, 6.07) is 1.89. The first-order chi connectivity index (χ1) is 9.45. The molecule has 0 spiro atoms. The lowest BCUT2D eigenvalue weighted by Gasteiger charge is -2.36. The molecule has 0 amide bonds. The summed E-state index contributed by atoms with van der Waals surface area (Å²) in [7, 11) is -1.81. The fraction of sp³-hybridized carbons (Fsp3) is 0.667. The van der Waals surface area contributed by atoms with Crippen molar-refractivity contribution in [3.63, 3.8) is 0 Å². The predicted octanol–water partition coefficient (Wildman–Crippen LogP) is 2.00. The van der Waals surface area contributed by atoms with Crippen LogP contribution in [0.4, 0.5) is 0 Å². The normalized spacial score (nSPS) is 21.5. The molecule has 1 aromatic rings. The van der Waals surface area contributed by atoms with Crippen LogP contribution in [0.2, 0.25) is 0 Å². The molecule has 0 aromatic carbocycles. The summed E-state index contributed by atoms with van der Waals surface area (Å²) in [6.07, 6.45) is 2.82. The summed E-state index contributed by atoms with van der Waals surface area (Å²) in [5.74, 6) is 0. The molecule has 5 nitrogen and oxygen atoms in total. The molecule has 0 radical (unpaired) electrons. The highest BCUT2D eigenvalue weighted by atomic mass is 79.9. The maximum atomic E-state index is 12.7. The minimum absolute atomic E-state index is 0.0644. The molecule has 1 unspecified atom stereocenters. The summed E-state index contributed by atoms with van der Waals surface area (Å²) in [6.45, 7) is 1.34. The van der Waals surface area contributed by atoms with Crippen molar-refractivity contribution in [2.45, 2.75) is 31.8 Å². The molecule has 1 saturated heterocycles. The van der Waals surface area contributed by atoms with Gasteiger partial charge in [-0.2, -0.15) is 17.0 Å². The van der Waals surface area contributed by atoms with Crippen molar-refractivity contribution in [2.75, 3.05) is 20.1 Å². The fourth-order valence-corrected chi connectivity index (χ4v) is 5.26. The molecule has 114 valence electrons. The average Bonchev–Trinajstić information content (AvgIpc) is 2.84. The van der Waals surface area contributed by atoms with Gasteiger partial charge in [0, 0.05) is 32.7 Å². The molecule has 0 aliphatic carbocycles. The van der Waals surface area contributed by atoms with Gasteiger partial charge in [0.2, 0.25) is 0 Å². The Morgan fingerprint density at radius 1 is 1.55 bits per heavy atom. The van der Waals surface area contributed by atoms with Crippen molar-refractivity contribution >= 4 is 37.5 Å². The second-order valence-electron chi connectivity index (χ2n) is 5.02. The van der Waals surface area contributed by atoms with E-state index in [0.717, 1.165) is 28.6 Å². The fourth-order valence-electron chi connectivity index (χ4n) is 2.46. The highest BCUT2D eigenvalue weighted by Gasteiger charge is 2.34. The van der Waals surface area contributed by atoms with Gasteiger partial charge in [0.15, 0.2) is 0 Å². The lowest BCUT2D eigenvalue weighted by Crippen LogP contribution is -2.51. The zero-order chi connectivity index (χ0) is 14.8. The SMILES string of the molecule is CN(Cc1csc(Br)c1)S(=O)(=O)N1CCCCC1CN. The quantitative estimate of drug-likeness (QED) is 0.847. The van der Waals surface area contributed by atoms with Crippen LogP contribution in [0.15, 0.2) is 15.2 Å². The van der Waals surface area contributed by atoms with E-state index >= 15 is 0 Å². The first-order valence-electron chi connectivity index (χ1n) is 6.61. The van der Waals surface area contributed by atoms with Crippen molar-refractivity contribution < 1.29 is 8.42 Å². The van der Waals surface area contributed by atoms with Crippen LogP contribution >= 0.6 is 27.3 Å². The van der Waals surface area contributed by atoms with Crippen LogP contribution in [0.25, 0.3) is 0 Å². The van der Waals surface area contributed by atoms with E-state index in [1.54, 1.807) is 22.7 Å². The maximum Gasteiger partial charge on any atom is 0.282 e. The van der Waals surface area contributed by atoms with Crippen LogP contribution in [0.1, 0.15) is 24.8 Å². The Bertz CT molecular complexity index is 547. The highest BCUT2D eigenvalue weighted by Crippen LogP contribution is 2.25. The number of nitrogens with zero attached hydrogens (tertiary/aromatic N) is 2. The monoisotopic (exact) mass is 381 g/mol. The average molecular weight is 382 g/mol. The molecule has 2 rings (SSSR count). The molecule has 2 N–H and O–H groups in total. The Balaban J connectivity index is 2.11. The van der Waals surface area contributed by atoms with Gasteiger partial charge in [0.1, 0.15) is 0 Å². The van der Waals surface area contributed by atoms with E-state index in [9.17, 15) is 8.42 Å². The molecular formula is C12H20BrN3O2S2. The Morgan fingerprint density at radius 3 is 2.90 bits per heavy atom. The maximum absolute atomic E-state index is 12.7. The summed E-state index contributed by atoms with van der Waals surface area (Å²) in [4.78, 5) is 0. The second kappa shape index (κ2) is 6.85. The summed E-state index contributed by atoms with van der Waals surface area (Å²) in [5.41, 5.74) is 6.71. The van der Waals surface area contributed by atoms with Crippen molar-refractivity contribution in [1.29, 1.82) is 0 Å². The molecule has 1 aliphatic rings. The van der Waals surface area contributed by atoms with Crippen LogP contribution in [-0.4, -0.2) is 43.2 Å². The molecular weight excluding hydrogens is 362 g/mol. The topological polar surface area (TPSA) is 66.6 Å². The van der Waals surface area contributed by atoms with Crippen LogP contribution in [0.5, 0.6) is 0 Å². The van der Waals surface area contributed by atoms with E-state index in [-0.39, 0.29) is 6.04 Å². The number of hydrogen-bond acceptors (Lipinski definition) is 4.